The van der Waals surface area contributed by atoms with Gasteiger partial charge in [0.05, 0.1) is 19.9 Å². The second-order valence-corrected chi connectivity index (χ2v) is 5.79. The zero-order valence-corrected chi connectivity index (χ0v) is 14.1. The van der Waals surface area contributed by atoms with Crippen LogP contribution < -0.4 is 14.2 Å². The summed E-state index contributed by atoms with van der Waals surface area (Å²) in [5, 5.41) is 2.74. The fourth-order valence-electron chi connectivity index (χ4n) is 2.20. The number of hydrogen-bond acceptors (Lipinski definition) is 5. The summed E-state index contributed by atoms with van der Waals surface area (Å²) in [5.41, 5.74) is 1.66. The number of rotatable bonds is 6. The summed E-state index contributed by atoms with van der Waals surface area (Å²) in [6.07, 6.45) is 0. The average molecular weight is 345 g/mol. The molecule has 0 aliphatic carbocycles. The zero-order chi connectivity index (χ0) is 16.9. The van der Waals surface area contributed by atoms with Crippen LogP contribution in [0.4, 0.5) is 4.39 Å². The smallest absolute Gasteiger partial charge is 0.203 e. The molecule has 0 unspecified atom stereocenters. The van der Waals surface area contributed by atoms with Crippen LogP contribution >= 0.6 is 11.3 Å². The van der Waals surface area contributed by atoms with Crippen molar-refractivity contribution in [1.29, 1.82) is 0 Å². The summed E-state index contributed by atoms with van der Waals surface area (Å²) in [4.78, 5) is 4.53. The maximum atomic E-state index is 13.0. The van der Waals surface area contributed by atoms with E-state index >= 15 is 0 Å². The van der Waals surface area contributed by atoms with Crippen LogP contribution in [0.15, 0.2) is 47.8 Å². The van der Waals surface area contributed by atoms with Crippen LogP contribution in [0.1, 0.15) is 5.69 Å². The number of ether oxygens (including phenoxy) is 3. The topological polar surface area (TPSA) is 40.6 Å². The van der Waals surface area contributed by atoms with Gasteiger partial charge in [-0.25, -0.2) is 9.37 Å². The molecule has 0 radical (unpaired) electrons. The highest BCUT2D eigenvalue weighted by molar-refractivity contribution is 7.13. The van der Waals surface area contributed by atoms with Crippen molar-refractivity contribution in [2.75, 3.05) is 14.2 Å². The van der Waals surface area contributed by atoms with Gasteiger partial charge in [-0.15, -0.1) is 11.3 Å². The minimum absolute atomic E-state index is 0.262. The van der Waals surface area contributed by atoms with Crippen molar-refractivity contribution >= 4 is 11.3 Å². The molecule has 2 aromatic carbocycles. The van der Waals surface area contributed by atoms with E-state index in [1.807, 2.05) is 23.6 Å². The van der Waals surface area contributed by atoms with Gasteiger partial charge in [-0.2, -0.15) is 0 Å². The molecule has 1 heterocycles. The predicted molar refractivity (Wildman–Crippen MR) is 91.4 cm³/mol. The Hall–Kier alpha value is -2.60. The van der Waals surface area contributed by atoms with Gasteiger partial charge < -0.3 is 14.2 Å². The van der Waals surface area contributed by atoms with Gasteiger partial charge in [0, 0.05) is 10.9 Å². The Labute approximate surface area is 143 Å². The van der Waals surface area contributed by atoms with Crippen LogP contribution in [0.5, 0.6) is 17.2 Å². The first-order valence-corrected chi connectivity index (χ1v) is 8.13. The molecule has 3 rings (SSSR count). The van der Waals surface area contributed by atoms with Crippen molar-refractivity contribution in [2.45, 2.75) is 6.61 Å². The van der Waals surface area contributed by atoms with E-state index in [0.717, 1.165) is 16.3 Å². The lowest BCUT2D eigenvalue weighted by molar-refractivity contribution is 0.263. The van der Waals surface area contributed by atoms with Crippen molar-refractivity contribution in [3.8, 4) is 27.8 Å². The molecule has 0 N–H and O–H groups in total. The largest absolute Gasteiger partial charge is 0.493 e. The zero-order valence-electron chi connectivity index (χ0n) is 13.3. The summed E-state index contributed by atoms with van der Waals surface area (Å²) in [6.45, 7) is 0.286. The van der Waals surface area contributed by atoms with Crippen LogP contribution in [-0.4, -0.2) is 19.2 Å². The summed E-state index contributed by atoms with van der Waals surface area (Å²) in [7, 11) is 3.16. The normalized spacial score (nSPS) is 10.5. The van der Waals surface area contributed by atoms with Gasteiger partial charge in [0.1, 0.15) is 17.4 Å². The van der Waals surface area contributed by atoms with Crippen molar-refractivity contribution in [3.05, 3.63) is 59.4 Å². The summed E-state index contributed by atoms with van der Waals surface area (Å²) in [6, 6.07) is 11.7. The number of halogens is 1. The minimum atomic E-state index is -0.262. The van der Waals surface area contributed by atoms with Crippen molar-refractivity contribution in [1.82, 2.24) is 4.98 Å². The molecule has 1 aromatic heterocycles. The third kappa shape index (κ3) is 3.49. The van der Waals surface area contributed by atoms with Gasteiger partial charge in [0.15, 0.2) is 11.5 Å². The average Bonchev–Trinajstić information content (AvgIpc) is 3.09. The Morgan fingerprint density at radius 2 is 1.67 bits per heavy atom. The summed E-state index contributed by atoms with van der Waals surface area (Å²) in [5.74, 6) is 1.48. The van der Waals surface area contributed by atoms with E-state index in [2.05, 4.69) is 4.98 Å². The van der Waals surface area contributed by atoms with Gasteiger partial charge in [-0.05, 0) is 36.4 Å². The van der Waals surface area contributed by atoms with E-state index in [-0.39, 0.29) is 12.4 Å². The summed E-state index contributed by atoms with van der Waals surface area (Å²) < 4.78 is 29.4. The third-order valence-electron chi connectivity index (χ3n) is 3.39. The maximum Gasteiger partial charge on any atom is 0.203 e. The molecule has 0 amide bonds. The molecular formula is C18H16FNO3S. The molecule has 0 atom stereocenters. The molecule has 0 fully saturated rings. The van der Waals surface area contributed by atoms with E-state index < -0.39 is 0 Å². The lowest BCUT2D eigenvalue weighted by Crippen LogP contribution is -2.00. The SMILES string of the molecule is COc1cccc(OC)c1OCc1csc(-c2ccc(F)cc2)n1. The highest BCUT2D eigenvalue weighted by Crippen LogP contribution is 2.37. The van der Waals surface area contributed by atoms with Gasteiger partial charge >= 0.3 is 0 Å². The van der Waals surface area contributed by atoms with Crippen LogP contribution in [-0.2, 0) is 6.61 Å². The maximum absolute atomic E-state index is 13.0. The van der Waals surface area contributed by atoms with Gasteiger partial charge in [-0.1, -0.05) is 6.07 Å². The number of para-hydroxylation sites is 1. The first-order valence-electron chi connectivity index (χ1n) is 7.25. The molecular weight excluding hydrogens is 329 g/mol. The fraction of sp³-hybridized carbons (Fsp3) is 0.167. The monoisotopic (exact) mass is 345 g/mol. The van der Waals surface area contributed by atoms with Crippen LogP contribution in [0.3, 0.4) is 0 Å². The van der Waals surface area contributed by atoms with Crippen molar-refractivity contribution in [3.63, 3.8) is 0 Å². The van der Waals surface area contributed by atoms with E-state index in [1.165, 1.54) is 23.5 Å². The Kier molecular flexibility index (Phi) is 4.96. The highest BCUT2D eigenvalue weighted by atomic mass is 32.1. The number of benzene rings is 2. The van der Waals surface area contributed by atoms with E-state index in [1.54, 1.807) is 26.4 Å². The lowest BCUT2D eigenvalue weighted by atomic mass is 10.2. The Morgan fingerprint density at radius 3 is 2.29 bits per heavy atom. The standard InChI is InChI=1S/C18H16FNO3S/c1-21-15-4-3-5-16(22-2)17(15)23-10-14-11-24-18(20-14)12-6-8-13(19)9-7-12/h3-9,11H,10H2,1-2H3. The second kappa shape index (κ2) is 7.31. The molecule has 4 nitrogen and oxygen atoms in total. The molecule has 0 bridgehead atoms. The highest BCUT2D eigenvalue weighted by Gasteiger charge is 2.12. The second-order valence-electron chi connectivity index (χ2n) is 4.93. The summed E-state index contributed by atoms with van der Waals surface area (Å²) >= 11 is 1.49. The molecule has 0 saturated heterocycles. The van der Waals surface area contributed by atoms with Crippen LogP contribution in [0, 0.1) is 5.82 Å². The molecule has 0 saturated carbocycles. The third-order valence-corrected chi connectivity index (χ3v) is 4.33. The number of aromatic nitrogens is 1. The molecule has 0 aliphatic heterocycles. The predicted octanol–water partition coefficient (Wildman–Crippen LogP) is 4.55. The quantitative estimate of drug-likeness (QED) is 0.657. The van der Waals surface area contributed by atoms with Crippen molar-refractivity contribution in [2.24, 2.45) is 0 Å². The number of hydrogen-bond donors (Lipinski definition) is 0. The van der Waals surface area contributed by atoms with Gasteiger partial charge in [0.25, 0.3) is 0 Å². The van der Waals surface area contributed by atoms with Gasteiger partial charge in [0.2, 0.25) is 5.75 Å². The lowest BCUT2D eigenvalue weighted by Gasteiger charge is -2.13. The Morgan fingerprint density at radius 1 is 1.00 bits per heavy atom. The molecule has 124 valence electrons. The first-order chi connectivity index (χ1) is 11.7. The molecule has 0 aliphatic rings. The number of nitrogens with zero attached hydrogens (tertiary/aromatic N) is 1. The molecule has 24 heavy (non-hydrogen) atoms. The van der Waals surface area contributed by atoms with Crippen LogP contribution in [0.2, 0.25) is 0 Å². The number of methoxy groups -OCH3 is 2. The van der Waals surface area contributed by atoms with Gasteiger partial charge in [-0.3, -0.25) is 0 Å². The Bertz CT molecular complexity index is 795. The molecule has 3 aromatic rings. The van der Waals surface area contributed by atoms with E-state index in [0.29, 0.717) is 17.2 Å². The Balaban J connectivity index is 1.75. The molecule has 0 spiro atoms. The first kappa shape index (κ1) is 16.3. The van der Waals surface area contributed by atoms with E-state index in [9.17, 15) is 4.39 Å². The molecule has 6 heteroatoms. The van der Waals surface area contributed by atoms with E-state index in [4.69, 9.17) is 14.2 Å². The fourth-order valence-corrected chi connectivity index (χ4v) is 3.01. The van der Waals surface area contributed by atoms with Crippen molar-refractivity contribution < 1.29 is 18.6 Å². The number of thiazole rings is 1. The minimum Gasteiger partial charge on any atom is -0.493 e. The van der Waals surface area contributed by atoms with Crippen LogP contribution in [0.25, 0.3) is 10.6 Å².